The SMILES string of the molecule is CCC(O)CCCC1Cc2cc(F)ccc2O1. The van der Waals surface area contributed by atoms with Crippen LogP contribution in [-0.4, -0.2) is 17.3 Å². The van der Waals surface area contributed by atoms with Gasteiger partial charge >= 0.3 is 0 Å². The maximum Gasteiger partial charge on any atom is 0.123 e. The molecule has 0 amide bonds. The quantitative estimate of drug-likeness (QED) is 0.854. The highest BCUT2D eigenvalue weighted by molar-refractivity contribution is 5.37. The molecule has 2 atom stereocenters. The molecule has 1 aromatic carbocycles. The predicted octanol–water partition coefficient (Wildman–Crippen LogP) is 3.07. The van der Waals surface area contributed by atoms with Gasteiger partial charge in [-0.25, -0.2) is 4.39 Å². The van der Waals surface area contributed by atoms with Gasteiger partial charge in [-0.15, -0.1) is 0 Å². The van der Waals surface area contributed by atoms with E-state index in [1.165, 1.54) is 6.07 Å². The van der Waals surface area contributed by atoms with E-state index in [1.54, 1.807) is 12.1 Å². The van der Waals surface area contributed by atoms with Gasteiger partial charge in [0.05, 0.1) is 6.10 Å². The molecule has 17 heavy (non-hydrogen) atoms. The minimum Gasteiger partial charge on any atom is -0.490 e. The highest BCUT2D eigenvalue weighted by atomic mass is 19.1. The van der Waals surface area contributed by atoms with E-state index in [4.69, 9.17) is 4.74 Å². The van der Waals surface area contributed by atoms with Gasteiger partial charge in [-0.2, -0.15) is 0 Å². The molecular formula is C14H19FO2. The minimum atomic E-state index is -0.200. The number of aliphatic hydroxyl groups is 1. The molecule has 94 valence electrons. The first-order valence-electron chi connectivity index (χ1n) is 6.32. The van der Waals surface area contributed by atoms with Crippen LogP contribution in [0, 0.1) is 5.82 Å². The summed E-state index contributed by atoms with van der Waals surface area (Å²) in [7, 11) is 0. The molecule has 0 fully saturated rings. The third kappa shape index (κ3) is 3.19. The van der Waals surface area contributed by atoms with E-state index in [-0.39, 0.29) is 18.0 Å². The summed E-state index contributed by atoms with van der Waals surface area (Å²) in [5, 5.41) is 9.45. The zero-order valence-corrected chi connectivity index (χ0v) is 10.2. The van der Waals surface area contributed by atoms with Crippen LogP contribution in [-0.2, 0) is 6.42 Å². The monoisotopic (exact) mass is 238 g/mol. The van der Waals surface area contributed by atoms with Crippen LogP contribution in [0.4, 0.5) is 4.39 Å². The summed E-state index contributed by atoms with van der Waals surface area (Å²) in [4.78, 5) is 0. The predicted molar refractivity (Wildman–Crippen MR) is 64.7 cm³/mol. The first-order valence-corrected chi connectivity index (χ1v) is 6.32. The van der Waals surface area contributed by atoms with Gasteiger partial charge in [0.2, 0.25) is 0 Å². The molecular weight excluding hydrogens is 219 g/mol. The third-order valence-corrected chi connectivity index (χ3v) is 3.30. The second-order valence-electron chi connectivity index (χ2n) is 4.69. The van der Waals surface area contributed by atoms with E-state index in [2.05, 4.69) is 0 Å². The summed E-state index contributed by atoms with van der Waals surface area (Å²) in [5.41, 5.74) is 0.964. The average molecular weight is 238 g/mol. The van der Waals surface area contributed by atoms with Gasteiger partial charge in [-0.1, -0.05) is 6.92 Å². The highest BCUT2D eigenvalue weighted by Crippen LogP contribution is 2.31. The summed E-state index contributed by atoms with van der Waals surface area (Å²) >= 11 is 0. The minimum absolute atomic E-state index is 0.149. The van der Waals surface area contributed by atoms with E-state index in [1.807, 2.05) is 6.92 Å². The van der Waals surface area contributed by atoms with Crippen molar-refractivity contribution in [1.82, 2.24) is 0 Å². The summed E-state index contributed by atoms with van der Waals surface area (Å²) in [6, 6.07) is 4.68. The molecule has 2 nitrogen and oxygen atoms in total. The maximum absolute atomic E-state index is 13.0. The van der Waals surface area contributed by atoms with Crippen LogP contribution in [0.5, 0.6) is 5.75 Å². The fourth-order valence-corrected chi connectivity index (χ4v) is 2.24. The Hall–Kier alpha value is -1.09. The Labute approximate surface area is 101 Å². The maximum atomic E-state index is 13.0. The molecule has 0 saturated heterocycles. The van der Waals surface area contributed by atoms with E-state index < -0.39 is 0 Å². The van der Waals surface area contributed by atoms with Gasteiger partial charge in [0, 0.05) is 12.0 Å². The lowest BCUT2D eigenvalue weighted by Crippen LogP contribution is -2.14. The van der Waals surface area contributed by atoms with E-state index in [0.29, 0.717) is 0 Å². The molecule has 0 aromatic heterocycles. The molecule has 1 N–H and O–H groups in total. The van der Waals surface area contributed by atoms with Crippen LogP contribution >= 0.6 is 0 Å². The molecule has 2 rings (SSSR count). The molecule has 2 unspecified atom stereocenters. The Balaban J connectivity index is 1.80. The van der Waals surface area contributed by atoms with Crippen molar-refractivity contribution in [2.75, 3.05) is 0 Å². The lowest BCUT2D eigenvalue weighted by Gasteiger charge is -2.12. The van der Waals surface area contributed by atoms with Gasteiger partial charge in [-0.3, -0.25) is 0 Å². The molecule has 1 heterocycles. The van der Waals surface area contributed by atoms with Gasteiger partial charge < -0.3 is 9.84 Å². The van der Waals surface area contributed by atoms with Crippen molar-refractivity contribution in [3.05, 3.63) is 29.6 Å². The van der Waals surface area contributed by atoms with E-state index in [9.17, 15) is 9.50 Å². The Bertz CT molecular complexity index is 378. The summed E-state index contributed by atoms with van der Waals surface area (Å²) in [6.45, 7) is 1.98. The first-order chi connectivity index (χ1) is 8.19. The lowest BCUT2D eigenvalue weighted by molar-refractivity contribution is 0.146. The lowest BCUT2D eigenvalue weighted by atomic mass is 10.0. The van der Waals surface area contributed by atoms with E-state index in [0.717, 1.165) is 43.4 Å². The van der Waals surface area contributed by atoms with Crippen molar-refractivity contribution >= 4 is 0 Å². The zero-order valence-electron chi connectivity index (χ0n) is 10.2. The van der Waals surface area contributed by atoms with E-state index >= 15 is 0 Å². The standard InChI is InChI=1S/C14H19FO2/c1-2-12(16)4-3-5-13-9-10-8-11(15)6-7-14(10)17-13/h6-8,12-13,16H,2-5,9H2,1H3. The van der Waals surface area contributed by atoms with Crippen molar-refractivity contribution in [2.24, 2.45) is 0 Å². The van der Waals surface area contributed by atoms with Gasteiger partial charge in [0.1, 0.15) is 17.7 Å². The van der Waals surface area contributed by atoms with Gasteiger partial charge in [-0.05, 0) is 43.9 Å². The zero-order chi connectivity index (χ0) is 12.3. The van der Waals surface area contributed by atoms with Crippen LogP contribution < -0.4 is 4.74 Å². The fourth-order valence-electron chi connectivity index (χ4n) is 2.24. The van der Waals surface area contributed by atoms with Gasteiger partial charge in [0.25, 0.3) is 0 Å². The second-order valence-corrected chi connectivity index (χ2v) is 4.69. The van der Waals surface area contributed by atoms with Crippen molar-refractivity contribution in [2.45, 2.75) is 51.2 Å². The smallest absolute Gasteiger partial charge is 0.123 e. The summed E-state index contributed by atoms with van der Waals surface area (Å²) in [5.74, 6) is 0.613. The van der Waals surface area contributed by atoms with Crippen LogP contribution in [0.15, 0.2) is 18.2 Å². The topological polar surface area (TPSA) is 29.5 Å². The van der Waals surface area contributed by atoms with Crippen LogP contribution in [0.2, 0.25) is 0 Å². The molecule has 0 radical (unpaired) electrons. The molecule has 0 spiro atoms. The fraction of sp³-hybridized carbons (Fsp3) is 0.571. The Kier molecular flexibility index (Phi) is 4.00. The number of hydrogen-bond donors (Lipinski definition) is 1. The molecule has 0 bridgehead atoms. The van der Waals surface area contributed by atoms with Crippen LogP contribution in [0.3, 0.4) is 0 Å². The second kappa shape index (κ2) is 5.50. The molecule has 3 heteroatoms. The Morgan fingerprint density at radius 2 is 2.35 bits per heavy atom. The van der Waals surface area contributed by atoms with Gasteiger partial charge in [0.15, 0.2) is 0 Å². The number of fused-ring (bicyclic) bond motifs is 1. The number of ether oxygens (including phenoxy) is 1. The Morgan fingerprint density at radius 1 is 1.53 bits per heavy atom. The number of benzene rings is 1. The summed E-state index contributed by atoms with van der Waals surface area (Å²) < 4.78 is 18.7. The highest BCUT2D eigenvalue weighted by Gasteiger charge is 2.22. The van der Waals surface area contributed by atoms with Crippen LogP contribution in [0.1, 0.15) is 38.2 Å². The average Bonchev–Trinajstić information content (AvgIpc) is 2.70. The molecule has 1 aliphatic heterocycles. The van der Waals surface area contributed by atoms with Crippen molar-refractivity contribution in [3.8, 4) is 5.75 Å². The van der Waals surface area contributed by atoms with Crippen molar-refractivity contribution in [3.63, 3.8) is 0 Å². The van der Waals surface area contributed by atoms with Crippen molar-refractivity contribution in [1.29, 1.82) is 0 Å². The molecule has 0 aliphatic carbocycles. The molecule has 0 saturated carbocycles. The first kappa shape index (κ1) is 12.4. The summed E-state index contributed by atoms with van der Waals surface area (Å²) in [6.07, 6.45) is 4.24. The molecule has 1 aliphatic rings. The largest absolute Gasteiger partial charge is 0.490 e. The number of aliphatic hydroxyl groups excluding tert-OH is 1. The number of halogens is 1. The van der Waals surface area contributed by atoms with Crippen molar-refractivity contribution < 1.29 is 14.2 Å². The third-order valence-electron chi connectivity index (χ3n) is 3.30. The normalized spacial score (nSPS) is 19.8. The molecule has 1 aromatic rings. The Morgan fingerprint density at radius 3 is 3.12 bits per heavy atom. The number of hydrogen-bond acceptors (Lipinski definition) is 2. The van der Waals surface area contributed by atoms with Crippen LogP contribution in [0.25, 0.3) is 0 Å². The number of rotatable bonds is 5.